The number of furan rings is 1. The summed E-state index contributed by atoms with van der Waals surface area (Å²) in [5.74, 6) is 0.960. The lowest BCUT2D eigenvalue weighted by Gasteiger charge is -1.98. The molecule has 0 unspecified atom stereocenters. The molecule has 0 aliphatic rings. The van der Waals surface area contributed by atoms with Crippen LogP contribution in [0.3, 0.4) is 0 Å². The molecule has 0 aliphatic carbocycles. The second-order valence-electron chi connectivity index (χ2n) is 3.65. The number of rotatable bonds is 4. The van der Waals surface area contributed by atoms with Crippen molar-refractivity contribution < 1.29 is 19.1 Å². The Bertz CT molecular complexity index is 585. The van der Waals surface area contributed by atoms with Crippen molar-refractivity contribution >= 4 is 17.7 Å². The van der Waals surface area contributed by atoms with Gasteiger partial charge in [-0.1, -0.05) is 0 Å². The van der Waals surface area contributed by atoms with Crippen molar-refractivity contribution in [1.82, 2.24) is 9.78 Å². The van der Waals surface area contributed by atoms with Crippen LogP contribution >= 0.6 is 0 Å². The molecule has 0 aliphatic heterocycles. The molecule has 94 valence electrons. The quantitative estimate of drug-likeness (QED) is 0.805. The van der Waals surface area contributed by atoms with Gasteiger partial charge in [-0.15, -0.1) is 0 Å². The smallest absolute Gasteiger partial charge is 0.410 e. The molecule has 0 saturated carbocycles. The number of nitrogens with zero attached hydrogens (tertiary/aromatic N) is 2. The molecule has 0 spiro atoms. The summed E-state index contributed by atoms with van der Waals surface area (Å²) in [6, 6.07) is 4.81. The highest BCUT2D eigenvalue weighted by Gasteiger charge is 2.08. The van der Waals surface area contributed by atoms with Gasteiger partial charge in [0.25, 0.3) is 0 Å². The van der Waals surface area contributed by atoms with E-state index in [2.05, 4.69) is 10.4 Å². The molecule has 7 nitrogen and oxygen atoms in total. The molecule has 0 saturated heterocycles. The van der Waals surface area contributed by atoms with E-state index in [-0.39, 0.29) is 11.6 Å². The third-order valence-corrected chi connectivity index (χ3v) is 2.20. The van der Waals surface area contributed by atoms with Gasteiger partial charge in [-0.25, -0.2) is 4.79 Å². The number of nitrogens with one attached hydrogen (secondary N) is 1. The zero-order chi connectivity index (χ0) is 13.1. The molecule has 0 atom stereocenters. The Kier molecular flexibility index (Phi) is 3.13. The maximum atomic E-state index is 11.0. The van der Waals surface area contributed by atoms with Gasteiger partial charge in [0, 0.05) is 19.2 Å². The first kappa shape index (κ1) is 11.9. The molecule has 18 heavy (non-hydrogen) atoms. The van der Waals surface area contributed by atoms with Gasteiger partial charge in [0.2, 0.25) is 0 Å². The maximum absolute atomic E-state index is 11.0. The highest BCUT2D eigenvalue weighted by Crippen LogP contribution is 2.11. The fourth-order valence-electron chi connectivity index (χ4n) is 1.44. The highest BCUT2D eigenvalue weighted by molar-refractivity contribution is 5.91. The van der Waals surface area contributed by atoms with Crippen LogP contribution in [0.25, 0.3) is 0 Å². The Labute approximate surface area is 102 Å². The summed E-state index contributed by atoms with van der Waals surface area (Å²) in [6.07, 6.45) is 0.443. The average Bonchev–Trinajstić information content (AvgIpc) is 2.88. The maximum Gasteiger partial charge on any atom is 0.410 e. The predicted octanol–water partition coefficient (Wildman–Crippen LogP) is 1.82. The summed E-state index contributed by atoms with van der Waals surface area (Å²) in [6.45, 7) is 1.75. The van der Waals surface area contributed by atoms with E-state index in [1.165, 1.54) is 17.7 Å². The largest absolute Gasteiger partial charge is 0.465 e. The Balaban J connectivity index is 2.06. The number of hydrogen-bond acceptors (Lipinski definition) is 4. The summed E-state index contributed by atoms with van der Waals surface area (Å²) in [5.41, 5.74) is 0. The van der Waals surface area contributed by atoms with E-state index in [0.29, 0.717) is 18.1 Å². The van der Waals surface area contributed by atoms with Crippen LogP contribution in [-0.2, 0) is 6.54 Å². The molecule has 0 bridgehead atoms. The topological polar surface area (TPSA) is 97.4 Å². The van der Waals surface area contributed by atoms with Crippen molar-refractivity contribution in [1.29, 1.82) is 0 Å². The third kappa shape index (κ3) is 2.76. The number of anilines is 1. The van der Waals surface area contributed by atoms with Crippen molar-refractivity contribution in [3.8, 4) is 0 Å². The fraction of sp³-hybridized carbons (Fsp3) is 0.182. The predicted molar refractivity (Wildman–Crippen MR) is 61.7 cm³/mol. The van der Waals surface area contributed by atoms with Crippen LogP contribution < -0.4 is 5.32 Å². The number of carbonyl (C=O) groups is 2. The van der Waals surface area contributed by atoms with Gasteiger partial charge in [0.15, 0.2) is 17.4 Å². The van der Waals surface area contributed by atoms with Gasteiger partial charge in [-0.05, 0) is 12.1 Å². The van der Waals surface area contributed by atoms with Crippen molar-refractivity contribution in [2.45, 2.75) is 13.5 Å². The Hall–Kier alpha value is -2.57. The summed E-state index contributed by atoms with van der Waals surface area (Å²) < 4.78 is 6.80. The van der Waals surface area contributed by atoms with Crippen LogP contribution in [-0.4, -0.2) is 26.8 Å². The zero-order valence-corrected chi connectivity index (χ0v) is 9.58. The molecule has 2 aromatic heterocycles. The summed E-state index contributed by atoms with van der Waals surface area (Å²) in [7, 11) is 0. The van der Waals surface area contributed by atoms with E-state index in [0.717, 1.165) is 0 Å². The minimum Gasteiger partial charge on any atom is -0.465 e. The van der Waals surface area contributed by atoms with E-state index in [9.17, 15) is 9.59 Å². The number of ketones is 1. The van der Waals surface area contributed by atoms with E-state index in [4.69, 9.17) is 9.52 Å². The Morgan fingerprint density at radius 2 is 2.22 bits per heavy atom. The first-order valence-electron chi connectivity index (χ1n) is 5.17. The average molecular weight is 249 g/mol. The van der Waals surface area contributed by atoms with Gasteiger partial charge < -0.3 is 9.52 Å². The second-order valence-corrected chi connectivity index (χ2v) is 3.65. The number of hydrogen-bond donors (Lipinski definition) is 2. The molecule has 0 aromatic carbocycles. The summed E-state index contributed by atoms with van der Waals surface area (Å²) >= 11 is 0. The summed E-state index contributed by atoms with van der Waals surface area (Å²) in [5, 5.41) is 14.6. The molecule has 0 fully saturated rings. The van der Waals surface area contributed by atoms with Crippen LogP contribution in [0, 0.1) is 0 Å². The molecule has 0 radical (unpaired) electrons. The van der Waals surface area contributed by atoms with Crippen molar-refractivity contribution in [3.05, 3.63) is 35.9 Å². The summed E-state index contributed by atoms with van der Waals surface area (Å²) in [4.78, 5) is 21.4. The van der Waals surface area contributed by atoms with E-state index in [1.807, 2.05) is 0 Å². The zero-order valence-electron chi connectivity index (χ0n) is 9.58. The SMILES string of the molecule is CC(=O)c1ccc(Cn2ccc(NC(=O)O)n2)o1. The van der Waals surface area contributed by atoms with Crippen LogP contribution in [0.15, 0.2) is 28.8 Å². The van der Waals surface area contributed by atoms with Gasteiger partial charge in [-0.2, -0.15) is 5.10 Å². The standard InChI is InChI=1S/C11H11N3O4/c1-7(15)9-3-2-8(18-9)6-14-5-4-10(13-14)12-11(16)17/h2-5H,6H2,1H3,(H,12,13)(H,16,17). The molecule has 2 heterocycles. The lowest BCUT2D eigenvalue weighted by atomic mass is 10.3. The number of Topliss-reactive ketones (excluding diaryl/α,β-unsaturated/α-hetero) is 1. The van der Waals surface area contributed by atoms with Gasteiger partial charge in [0.05, 0.1) is 6.54 Å². The van der Waals surface area contributed by atoms with E-state index >= 15 is 0 Å². The number of amides is 1. The highest BCUT2D eigenvalue weighted by atomic mass is 16.4. The molecule has 2 rings (SSSR count). The van der Waals surface area contributed by atoms with Crippen LogP contribution in [0.5, 0.6) is 0 Å². The minimum atomic E-state index is -1.17. The van der Waals surface area contributed by atoms with Crippen molar-refractivity contribution in [3.63, 3.8) is 0 Å². The van der Waals surface area contributed by atoms with Crippen LogP contribution in [0.2, 0.25) is 0 Å². The van der Waals surface area contributed by atoms with E-state index in [1.54, 1.807) is 18.3 Å². The first-order valence-corrected chi connectivity index (χ1v) is 5.17. The van der Waals surface area contributed by atoms with Crippen molar-refractivity contribution in [2.75, 3.05) is 5.32 Å². The molecular formula is C11H11N3O4. The number of carboxylic acid groups (broad SMARTS) is 1. The monoisotopic (exact) mass is 249 g/mol. The minimum absolute atomic E-state index is 0.144. The molecule has 7 heteroatoms. The van der Waals surface area contributed by atoms with Gasteiger partial charge in [0.1, 0.15) is 5.76 Å². The number of aromatic nitrogens is 2. The van der Waals surface area contributed by atoms with Gasteiger partial charge in [-0.3, -0.25) is 14.8 Å². The van der Waals surface area contributed by atoms with Crippen LogP contribution in [0.1, 0.15) is 23.2 Å². The molecule has 2 aromatic rings. The van der Waals surface area contributed by atoms with E-state index < -0.39 is 6.09 Å². The fourth-order valence-corrected chi connectivity index (χ4v) is 1.44. The Morgan fingerprint density at radius 3 is 2.83 bits per heavy atom. The lowest BCUT2D eigenvalue weighted by Crippen LogP contribution is -2.08. The Morgan fingerprint density at radius 1 is 1.44 bits per heavy atom. The van der Waals surface area contributed by atoms with Crippen LogP contribution in [0.4, 0.5) is 10.6 Å². The second kappa shape index (κ2) is 4.74. The first-order chi connectivity index (χ1) is 8.54. The van der Waals surface area contributed by atoms with Gasteiger partial charge >= 0.3 is 6.09 Å². The lowest BCUT2D eigenvalue weighted by molar-refractivity contribution is 0.0985. The third-order valence-electron chi connectivity index (χ3n) is 2.20. The number of carbonyl (C=O) groups excluding carboxylic acids is 1. The van der Waals surface area contributed by atoms with Crippen molar-refractivity contribution in [2.24, 2.45) is 0 Å². The normalized spacial score (nSPS) is 10.3. The molecule has 1 amide bonds. The molecule has 2 N–H and O–H groups in total. The molecular weight excluding hydrogens is 238 g/mol.